The second-order valence-corrected chi connectivity index (χ2v) is 3.47. The van der Waals surface area contributed by atoms with Crippen LogP contribution >= 0.6 is 0 Å². The van der Waals surface area contributed by atoms with Crippen molar-refractivity contribution in [2.24, 2.45) is 0 Å². The zero-order valence-electron chi connectivity index (χ0n) is 8.70. The summed E-state index contributed by atoms with van der Waals surface area (Å²) in [6, 6.07) is 9.19. The molecule has 0 spiro atoms. The Labute approximate surface area is 95.3 Å². The third-order valence-corrected chi connectivity index (χ3v) is 2.38. The number of nitrogens with zero attached hydrogens (tertiary/aromatic N) is 3. The summed E-state index contributed by atoms with van der Waals surface area (Å²) in [4.78, 5) is 15.5. The highest BCUT2D eigenvalue weighted by molar-refractivity contribution is 5.75. The first kappa shape index (κ1) is 9.59. The molecule has 0 aliphatic carbocycles. The number of nitrogens with two attached hydrogens (primary N) is 1. The first-order valence-electron chi connectivity index (χ1n) is 4.95. The van der Waals surface area contributed by atoms with Crippen LogP contribution in [0.2, 0.25) is 0 Å². The van der Waals surface area contributed by atoms with Gasteiger partial charge in [0.2, 0.25) is 0 Å². The van der Waals surface area contributed by atoms with E-state index in [4.69, 9.17) is 10.2 Å². The van der Waals surface area contributed by atoms with Gasteiger partial charge in [-0.2, -0.15) is 10.1 Å². The van der Waals surface area contributed by atoms with E-state index in [1.165, 1.54) is 6.20 Å². The van der Waals surface area contributed by atoms with Crippen LogP contribution in [-0.4, -0.2) is 14.8 Å². The summed E-state index contributed by atoms with van der Waals surface area (Å²) in [5.74, 6) is 0. The molecule has 0 atom stereocenters. The van der Waals surface area contributed by atoms with Crippen molar-refractivity contribution in [3.8, 4) is 5.69 Å². The molecule has 0 radical (unpaired) electrons. The molecular weight excluding hydrogens is 220 g/mol. The molecule has 0 aliphatic rings. The monoisotopic (exact) mass is 228 g/mol. The molecule has 17 heavy (non-hydrogen) atoms. The number of nitrogen functional groups attached to an aromatic ring is 1. The number of hydrogen-bond donors (Lipinski definition) is 1. The van der Waals surface area contributed by atoms with E-state index in [2.05, 4.69) is 10.1 Å². The van der Waals surface area contributed by atoms with Gasteiger partial charge < -0.3 is 10.2 Å². The number of rotatable bonds is 1. The Morgan fingerprint density at radius 3 is 2.76 bits per heavy atom. The summed E-state index contributed by atoms with van der Waals surface area (Å²) in [5.41, 5.74) is 6.08. The third kappa shape index (κ3) is 1.46. The van der Waals surface area contributed by atoms with Crippen LogP contribution < -0.4 is 11.4 Å². The highest BCUT2D eigenvalue weighted by atomic mass is 16.4. The maximum atomic E-state index is 11.5. The molecule has 0 unspecified atom stereocenters. The number of para-hydroxylation sites is 1. The summed E-state index contributed by atoms with van der Waals surface area (Å²) in [5, 5.41) is 4.41. The van der Waals surface area contributed by atoms with Crippen LogP contribution in [0.3, 0.4) is 0 Å². The molecule has 3 rings (SSSR count). The third-order valence-electron chi connectivity index (χ3n) is 2.38. The highest BCUT2D eigenvalue weighted by Gasteiger charge is 2.11. The molecule has 6 heteroatoms. The molecule has 2 N–H and O–H groups in total. The Morgan fingerprint density at radius 2 is 2.00 bits per heavy atom. The minimum absolute atomic E-state index is 0.166. The maximum absolute atomic E-state index is 11.5. The fraction of sp³-hybridized carbons (Fsp3) is 0. The van der Waals surface area contributed by atoms with E-state index in [0.29, 0.717) is 11.0 Å². The maximum Gasteiger partial charge on any atom is 0.351 e. The van der Waals surface area contributed by atoms with Crippen molar-refractivity contribution < 1.29 is 4.42 Å². The average Bonchev–Trinajstić information content (AvgIpc) is 2.74. The summed E-state index contributed by atoms with van der Waals surface area (Å²) in [6.07, 6.45) is 1.42. The lowest BCUT2D eigenvalue weighted by Gasteiger charge is -2.01. The fourth-order valence-corrected chi connectivity index (χ4v) is 1.63. The van der Waals surface area contributed by atoms with Gasteiger partial charge in [0.15, 0.2) is 5.65 Å². The Bertz CT molecular complexity index is 730. The smallest absolute Gasteiger partial charge is 0.351 e. The summed E-state index contributed by atoms with van der Waals surface area (Å²) in [6.45, 7) is 0. The molecule has 3 aromatic rings. The lowest BCUT2D eigenvalue weighted by Crippen LogP contribution is -2.06. The zero-order valence-corrected chi connectivity index (χ0v) is 8.70. The fourth-order valence-electron chi connectivity index (χ4n) is 1.63. The van der Waals surface area contributed by atoms with Gasteiger partial charge in [-0.05, 0) is 12.1 Å². The van der Waals surface area contributed by atoms with Crippen molar-refractivity contribution in [2.45, 2.75) is 0 Å². The van der Waals surface area contributed by atoms with E-state index in [1.807, 2.05) is 30.3 Å². The molecule has 0 bridgehead atoms. The van der Waals surface area contributed by atoms with Gasteiger partial charge in [0.1, 0.15) is 5.39 Å². The van der Waals surface area contributed by atoms with Crippen molar-refractivity contribution in [1.29, 1.82) is 0 Å². The van der Waals surface area contributed by atoms with Crippen molar-refractivity contribution in [1.82, 2.24) is 14.8 Å². The molecule has 0 aliphatic heterocycles. The predicted octanol–water partition coefficient (Wildman–Crippen LogP) is 0.956. The van der Waals surface area contributed by atoms with E-state index < -0.39 is 5.63 Å². The van der Waals surface area contributed by atoms with Gasteiger partial charge in [0.05, 0.1) is 11.9 Å². The number of fused-ring (bicyclic) bond motifs is 1. The molecule has 0 fully saturated rings. The minimum Gasteiger partial charge on any atom is -0.389 e. The molecular formula is C11H8N4O2. The van der Waals surface area contributed by atoms with E-state index in [9.17, 15) is 4.79 Å². The molecule has 6 nitrogen and oxygen atoms in total. The van der Waals surface area contributed by atoms with E-state index >= 15 is 0 Å². The van der Waals surface area contributed by atoms with Gasteiger partial charge >= 0.3 is 5.63 Å². The lowest BCUT2D eigenvalue weighted by molar-refractivity contribution is 0.523. The van der Waals surface area contributed by atoms with Crippen LogP contribution in [0.1, 0.15) is 0 Å². The van der Waals surface area contributed by atoms with Crippen molar-refractivity contribution >= 4 is 17.0 Å². The standard InChI is InChI=1S/C11H8N4O2/c12-11-14-9-8(10(16)17-11)6-13-15(9)7-4-2-1-3-5-7/h1-6H,(H2,12,14). The van der Waals surface area contributed by atoms with Gasteiger partial charge in [-0.1, -0.05) is 18.2 Å². The van der Waals surface area contributed by atoms with Crippen molar-refractivity contribution in [3.63, 3.8) is 0 Å². The predicted molar refractivity (Wildman–Crippen MR) is 61.8 cm³/mol. The normalized spacial score (nSPS) is 10.8. The Morgan fingerprint density at radius 1 is 1.24 bits per heavy atom. The number of hydrogen-bond acceptors (Lipinski definition) is 5. The van der Waals surface area contributed by atoms with E-state index in [1.54, 1.807) is 4.68 Å². The SMILES string of the molecule is Nc1nc2c(cnn2-c2ccccc2)c(=O)o1. The summed E-state index contributed by atoms with van der Waals surface area (Å²) < 4.78 is 6.24. The quantitative estimate of drug-likeness (QED) is 0.670. The summed E-state index contributed by atoms with van der Waals surface area (Å²) >= 11 is 0. The first-order chi connectivity index (χ1) is 8.25. The number of anilines is 1. The van der Waals surface area contributed by atoms with Gasteiger partial charge in [0, 0.05) is 0 Å². The van der Waals surface area contributed by atoms with Crippen LogP contribution in [-0.2, 0) is 0 Å². The zero-order chi connectivity index (χ0) is 11.8. The molecule has 0 amide bonds. The largest absolute Gasteiger partial charge is 0.389 e. The van der Waals surface area contributed by atoms with Crippen LogP contribution in [0, 0.1) is 0 Å². The molecule has 84 valence electrons. The Hall–Kier alpha value is -2.63. The van der Waals surface area contributed by atoms with Crippen LogP contribution in [0.25, 0.3) is 16.7 Å². The van der Waals surface area contributed by atoms with Crippen LogP contribution in [0.4, 0.5) is 6.01 Å². The van der Waals surface area contributed by atoms with Gasteiger partial charge in [-0.3, -0.25) is 0 Å². The van der Waals surface area contributed by atoms with Crippen molar-refractivity contribution in [3.05, 3.63) is 46.9 Å². The lowest BCUT2D eigenvalue weighted by atomic mass is 10.3. The summed E-state index contributed by atoms with van der Waals surface area (Å²) in [7, 11) is 0. The number of aromatic nitrogens is 3. The van der Waals surface area contributed by atoms with Gasteiger partial charge in [-0.25, -0.2) is 9.48 Å². The van der Waals surface area contributed by atoms with Crippen LogP contribution in [0.5, 0.6) is 0 Å². The molecule has 1 aromatic carbocycles. The van der Waals surface area contributed by atoms with E-state index in [-0.39, 0.29) is 6.01 Å². The first-order valence-corrected chi connectivity index (χ1v) is 4.95. The second kappa shape index (κ2) is 3.44. The molecule has 0 saturated heterocycles. The highest BCUT2D eigenvalue weighted by Crippen LogP contribution is 2.14. The average molecular weight is 228 g/mol. The second-order valence-electron chi connectivity index (χ2n) is 3.47. The van der Waals surface area contributed by atoms with E-state index in [0.717, 1.165) is 5.69 Å². The van der Waals surface area contributed by atoms with Gasteiger partial charge in [-0.15, -0.1) is 0 Å². The minimum atomic E-state index is -0.533. The van der Waals surface area contributed by atoms with Gasteiger partial charge in [0.25, 0.3) is 6.01 Å². The molecule has 2 aromatic heterocycles. The molecule has 2 heterocycles. The number of benzene rings is 1. The Balaban J connectivity index is 2.36. The van der Waals surface area contributed by atoms with Crippen LogP contribution in [0.15, 0.2) is 45.7 Å². The van der Waals surface area contributed by atoms with Crippen molar-refractivity contribution in [2.75, 3.05) is 5.73 Å². The molecule has 0 saturated carbocycles. The Kier molecular flexibility index (Phi) is 1.94. The topological polar surface area (TPSA) is 86.9 Å².